The highest BCUT2D eigenvalue weighted by atomic mass is 35.5. The third kappa shape index (κ3) is 6.22. The lowest BCUT2D eigenvalue weighted by Gasteiger charge is -2.26. The van der Waals surface area contributed by atoms with Crippen LogP contribution in [0.4, 0.5) is 10.5 Å². The number of hydrogen-bond donors (Lipinski definition) is 2. The summed E-state index contributed by atoms with van der Waals surface area (Å²) in [5.74, 6) is 1.46. The van der Waals surface area contributed by atoms with Crippen molar-refractivity contribution in [1.29, 1.82) is 0 Å². The number of likely N-dealkylation sites (tertiary alicyclic amines) is 1. The minimum atomic E-state index is -0.0916. The molecule has 2 aromatic carbocycles. The average molecular weight is 561 g/mol. The topological polar surface area (TPSA) is 95.6 Å². The monoisotopic (exact) mass is 560 g/mol. The summed E-state index contributed by atoms with van der Waals surface area (Å²) in [7, 11) is 0. The number of carbonyl (C=O) groups is 1. The van der Waals surface area contributed by atoms with Gasteiger partial charge in [-0.3, -0.25) is 4.90 Å². The van der Waals surface area contributed by atoms with E-state index in [0.29, 0.717) is 34.4 Å². The van der Waals surface area contributed by atoms with E-state index in [4.69, 9.17) is 21.1 Å². The fourth-order valence-corrected chi connectivity index (χ4v) is 5.35. The number of amides is 2. The molecule has 0 saturated carbocycles. The van der Waals surface area contributed by atoms with Crippen LogP contribution in [-0.2, 0) is 4.74 Å². The largest absolute Gasteiger partial charge is 0.494 e. The molecule has 208 valence electrons. The molecule has 2 aliphatic heterocycles. The predicted octanol–water partition coefficient (Wildman–Crippen LogP) is 5.67. The highest BCUT2D eigenvalue weighted by molar-refractivity contribution is 6.33. The lowest BCUT2D eigenvalue weighted by molar-refractivity contribution is 0.0358. The van der Waals surface area contributed by atoms with Crippen LogP contribution >= 0.6 is 11.6 Å². The quantitative estimate of drug-likeness (QED) is 0.269. The number of nitrogens with zero attached hydrogens (tertiary/aromatic N) is 4. The van der Waals surface area contributed by atoms with Crippen LogP contribution in [0.25, 0.3) is 33.7 Å². The first-order valence-electron chi connectivity index (χ1n) is 13.9. The number of morpholine rings is 1. The number of aromatic amines is 1. The molecule has 2 fully saturated rings. The molecule has 4 heterocycles. The second-order valence-corrected chi connectivity index (χ2v) is 10.6. The second-order valence-electron chi connectivity index (χ2n) is 10.2. The summed E-state index contributed by atoms with van der Waals surface area (Å²) in [6.07, 6.45) is 4.89. The maximum Gasteiger partial charge on any atom is 0.321 e. The van der Waals surface area contributed by atoms with Gasteiger partial charge >= 0.3 is 6.03 Å². The zero-order valence-corrected chi connectivity index (χ0v) is 23.1. The number of urea groups is 1. The SMILES string of the molecule is O=C(Nc1ccc(Cl)c(-c2nc3ncc(-c4ccc(OCCCN5CCOCC5)cc4)cc3[nH]2)c1)N1CCCC1. The van der Waals surface area contributed by atoms with Gasteiger partial charge in [0.05, 0.1) is 30.4 Å². The fourth-order valence-electron chi connectivity index (χ4n) is 5.14. The molecule has 2 saturated heterocycles. The molecular formula is C30H33ClN6O3. The van der Waals surface area contributed by atoms with Crippen molar-refractivity contribution in [3.63, 3.8) is 0 Å². The van der Waals surface area contributed by atoms with Crippen LogP contribution in [0.15, 0.2) is 54.7 Å². The normalized spacial score (nSPS) is 16.0. The third-order valence-electron chi connectivity index (χ3n) is 7.38. The number of nitrogens with one attached hydrogen (secondary N) is 2. The molecule has 4 aromatic rings. The van der Waals surface area contributed by atoms with E-state index in [-0.39, 0.29) is 6.03 Å². The van der Waals surface area contributed by atoms with Crippen molar-refractivity contribution in [3.8, 4) is 28.3 Å². The van der Waals surface area contributed by atoms with Crippen LogP contribution in [0.3, 0.4) is 0 Å². The van der Waals surface area contributed by atoms with Gasteiger partial charge in [-0.25, -0.2) is 14.8 Å². The first-order chi connectivity index (χ1) is 19.6. The zero-order valence-electron chi connectivity index (χ0n) is 22.4. The van der Waals surface area contributed by atoms with Gasteiger partial charge in [0.2, 0.25) is 0 Å². The van der Waals surface area contributed by atoms with Crippen molar-refractivity contribution in [2.75, 3.05) is 57.9 Å². The predicted molar refractivity (Wildman–Crippen MR) is 157 cm³/mol. The van der Waals surface area contributed by atoms with Crippen molar-refractivity contribution in [2.45, 2.75) is 19.3 Å². The maximum atomic E-state index is 12.5. The van der Waals surface area contributed by atoms with Gasteiger partial charge in [0.1, 0.15) is 11.6 Å². The Balaban J connectivity index is 1.11. The Morgan fingerprint density at radius 2 is 1.82 bits per heavy atom. The first-order valence-corrected chi connectivity index (χ1v) is 14.3. The summed E-state index contributed by atoms with van der Waals surface area (Å²) in [5, 5.41) is 3.52. The van der Waals surface area contributed by atoms with Crippen molar-refractivity contribution in [1.82, 2.24) is 24.8 Å². The Morgan fingerprint density at radius 3 is 2.62 bits per heavy atom. The molecule has 6 rings (SSSR count). The number of rotatable bonds is 8. The number of pyridine rings is 1. The molecule has 2 N–H and O–H groups in total. The fraction of sp³-hybridized carbons (Fsp3) is 0.367. The van der Waals surface area contributed by atoms with E-state index in [1.165, 1.54) is 0 Å². The lowest BCUT2D eigenvalue weighted by Crippen LogP contribution is -2.37. The number of H-pyrrole nitrogens is 1. The number of carbonyl (C=O) groups excluding carboxylic acids is 1. The van der Waals surface area contributed by atoms with Gasteiger partial charge in [-0.05, 0) is 61.2 Å². The highest BCUT2D eigenvalue weighted by Gasteiger charge is 2.19. The molecule has 0 unspecified atom stereocenters. The Morgan fingerprint density at radius 1 is 1.02 bits per heavy atom. The summed E-state index contributed by atoms with van der Waals surface area (Å²) in [6, 6.07) is 15.4. The van der Waals surface area contributed by atoms with Gasteiger partial charge in [-0.1, -0.05) is 23.7 Å². The van der Waals surface area contributed by atoms with Crippen LogP contribution in [-0.4, -0.2) is 83.3 Å². The summed E-state index contributed by atoms with van der Waals surface area (Å²) < 4.78 is 11.4. The third-order valence-corrected chi connectivity index (χ3v) is 7.71. The van der Waals surface area contributed by atoms with Crippen molar-refractivity contribution >= 4 is 34.5 Å². The van der Waals surface area contributed by atoms with Gasteiger partial charge in [0.25, 0.3) is 0 Å². The molecule has 9 nitrogen and oxygen atoms in total. The molecule has 10 heteroatoms. The Kier molecular flexibility index (Phi) is 8.13. The van der Waals surface area contributed by atoms with Gasteiger partial charge in [0, 0.05) is 55.7 Å². The van der Waals surface area contributed by atoms with Gasteiger partial charge in [-0.2, -0.15) is 0 Å². The van der Waals surface area contributed by atoms with Gasteiger partial charge in [0.15, 0.2) is 5.65 Å². The summed E-state index contributed by atoms with van der Waals surface area (Å²) >= 11 is 6.53. The van der Waals surface area contributed by atoms with Crippen LogP contribution in [0.5, 0.6) is 5.75 Å². The minimum Gasteiger partial charge on any atom is -0.494 e. The summed E-state index contributed by atoms with van der Waals surface area (Å²) in [6.45, 7) is 6.94. The standard InChI is InChI=1S/C30H33ClN6O3/c31-26-9-6-23(33-30(38)37-11-1-2-12-37)19-25(26)28-34-27-18-22(20-32-29(27)35-28)21-4-7-24(8-5-21)40-15-3-10-36-13-16-39-17-14-36/h4-9,18-20H,1-3,10-17H2,(H,33,38)(H,32,34,35). The number of fused-ring (bicyclic) bond motifs is 1. The molecule has 0 spiro atoms. The van der Waals surface area contributed by atoms with Crippen molar-refractivity contribution in [3.05, 3.63) is 59.8 Å². The van der Waals surface area contributed by atoms with E-state index in [9.17, 15) is 4.79 Å². The Hall–Kier alpha value is -3.66. The number of imidazole rings is 1. The maximum absolute atomic E-state index is 12.5. The molecule has 2 aromatic heterocycles. The van der Waals surface area contributed by atoms with E-state index < -0.39 is 0 Å². The highest BCUT2D eigenvalue weighted by Crippen LogP contribution is 2.31. The van der Waals surface area contributed by atoms with E-state index in [1.807, 2.05) is 47.5 Å². The van der Waals surface area contributed by atoms with E-state index in [0.717, 1.165) is 87.6 Å². The molecule has 0 atom stereocenters. The molecule has 2 aliphatic rings. The zero-order chi connectivity index (χ0) is 27.3. The number of halogens is 1. The molecule has 2 amide bonds. The van der Waals surface area contributed by atoms with Crippen LogP contribution in [0, 0.1) is 0 Å². The molecule has 0 aliphatic carbocycles. The molecule has 40 heavy (non-hydrogen) atoms. The number of aromatic nitrogens is 3. The molecule has 0 bridgehead atoms. The number of benzene rings is 2. The number of ether oxygens (including phenoxy) is 2. The summed E-state index contributed by atoms with van der Waals surface area (Å²) in [4.78, 5) is 29.4. The first kappa shape index (κ1) is 26.6. The van der Waals surface area contributed by atoms with Crippen LogP contribution < -0.4 is 10.1 Å². The van der Waals surface area contributed by atoms with Crippen LogP contribution in [0.1, 0.15) is 19.3 Å². The van der Waals surface area contributed by atoms with Crippen molar-refractivity contribution < 1.29 is 14.3 Å². The number of anilines is 1. The summed E-state index contributed by atoms with van der Waals surface area (Å²) in [5.41, 5.74) is 4.79. The van der Waals surface area contributed by atoms with Crippen LogP contribution in [0.2, 0.25) is 5.02 Å². The average Bonchev–Trinajstić information content (AvgIpc) is 3.68. The minimum absolute atomic E-state index is 0.0916. The van der Waals surface area contributed by atoms with Gasteiger partial charge < -0.3 is 24.7 Å². The molecular weight excluding hydrogens is 528 g/mol. The Labute approximate surface area is 238 Å². The van der Waals surface area contributed by atoms with E-state index in [1.54, 1.807) is 12.1 Å². The Bertz CT molecular complexity index is 1460. The number of hydrogen-bond acceptors (Lipinski definition) is 6. The van der Waals surface area contributed by atoms with E-state index >= 15 is 0 Å². The lowest BCUT2D eigenvalue weighted by atomic mass is 10.1. The second kappa shape index (κ2) is 12.2. The van der Waals surface area contributed by atoms with Crippen molar-refractivity contribution in [2.24, 2.45) is 0 Å². The van der Waals surface area contributed by atoms with E-state index in [2.05, 4.69) is 25.2 Å². The smallest absolute Gasteiger partial charge is 0.321 e. The molecule has 0 radical (unpaired) electrons. The van der Waals surface area contributed by atoms with Gasteiger partial charge in [-0.15, -0.1) is 0 Å².